The van der Waals surface area contributed by atoms with E-state index in [-0.39, 0.29) is 19.7 Å². The summed E-state index contributed by atoms with van der Waals surface area (Å²) in [6.45, 7) is 0.239. The maximum absolute atomic E-state index is 9.49. The molecule has 14 heavy (non-hydrogen) atoms. The number of aliphatic hydroxyl groups is 3. The first-order chi connectivity index (χ1) is 6.74. The molecule has 0 aliphatic rings. The zero-order chi connectivity index (χ0) is 10.4. The number of aliphatic hydroxyl groups excluding tert-OH is 3. The van der Waals surface area contributed by atoms with E-state index in [0.717, 1.165) is 0 Å². The van der Waals surface area contributed by atoms with Crippen LogP contribution < -0.4 is 5.32 Å². The van der Waals surface area contributed by atoms with Crippen LogP contribution >= 0.6 is 0 Å². The summed E-state index contributed by atoms with van der Waals surface area (Å²) in [4.78, 5) is 0. The number of hydrogen-bond donors (Lipinski definition) is 4. The van der Waals surface area contributed by atoms with Crippen molar-refractivity contribution < 1.29 is 19.7 Å². The lowest BCUT2D eigenvalue weighted by Gasteiger charge is -2.11. The summed E-state index contributed by atoms with van der Waals surface area (Å²) in [6, 6.07) is 3.37. The van der Waals surface area contributed by atoms with Crippen LogP contribution in [0.4, 0.5) is 0 Å². The van der Waals surface area contributed by atoms with Gasteiger partial charge in [0.2, 0.25) is 0 Å². The number of hydrogen-bond acceptors (Lipinski definition) is 5. The second-order valence-electron chi connectivity index (χ2n) is 3.03. The van der Waals surface area contributed by atoms with Crippen LogP contribution in [0.5, 0.6) is 0 Å². The molecule has 5 heteroatoms. The van der Waals surface area contributed by atoms with Gasteiger partial charge in [-0.1, -0.05) is 0 Å². The normalized spacial score (nSPS) is 15.4. The molecule has 0 spiro atoms. The lowest BCUT2D eigenvalue weighted by atomic mass is 10.2. The Balaban J connectivity index is 2.19. The molecule has 2 atom stereocenters. The predicted molar refractivity (Wildman–Crippen MR) is 49.6 cm³/mol. The molecular weight excluding hydrogens is 186 g/mol. The van der Waals surface area contributed by atoms with Gasteiger partial charge in [0.1, 0.15) is 11.9 Å². The third-order valence-corrected chi connectivity index (χ3v) is 1.80. The fraction of sp³-hybridized carbons (Fsp3) is 0.556. The standard InChI is InChI=1S/C9H15NO4/c11-6-7(12)4-10-5-8(13)9-2-1-3-14-9/h1-3,7-8,10-13H,4-6H2. The molecule has 5 nitrogen and oxygen atoms in total. The van der Waals surface area contributed by atoms with Crippen LogP contribution in [-0.2, 0) is 0 Å². The van der Waals surface area contributed by atoms with Gasteiger partial charge in [0.15, 0.2) is 0 Å². The van der Waals surface area contributed by atoms with Crippen molar-refractivity contribution in [3.63, 3.8) is 0 Å². The van der Waals surface area contributed by atoms with Crippen molar-refractivity contribution >= 4 is 0 Å². The van der Waals surface area contributed by atoms with E-state index >= 15 is 0 Å². The van der Waals surface area contributed by atoms with Crippen LogP contribution in [-0.4, -0.2) is 41.1 Å². The molecule has 0 saturated heterocycles. The van der Waals surface area contributed by atoms with E-state index in [9.17, 15) is 5.11 Å². The van der Waals surface area contributed by atoms with Crippen molar-refractivity contribution in [3.05, 3.63) is 24.2 Å². The molecule has 4 N–H and O–H groups in total. The van der Waals surface area contributed by atoms with Crippen molar-refractivity contribution in [3.8, 4) is 0 Å². The van der Waals surface area contributed by atoms with Gasteiger partial charge in [0.25, 0.3) is 0 Å². The predicted octanol–water partition coefficient (Wildman–Crippen LogP) is -0.744. The van der Waals surface area contributed by atoms with Crippen LogP contribution in [0.25, 0.3) is 0 Å². The summed E-state index contributed by atoms with van der Waals surface area (Å²) in [5.74, 6) is 0.482. The maximum atomic E-state index is 9.49. The lowest BCUT2D eigenvalue weighted by molar-refractivity contribution is 0.0868. The molecule has 0 bridgehead atoms. The Morgan fingerprint density at radius 2 is 2.14 bits per heavy atom. The molecule has 2 unspecified atom stereocenters. The lowest BCUT2D eigenvalue weighted by Crippen LogP contribution is -2.32. The molecule has 0 fully saturated rings. The molecule has 1 aromatic rings. The van der Waals surface area contributed by atoms with Gasteiger partial charge in [0.05, 0.1) is 19.0 Å². The molecule has 0 aliphatic carbocycles. The summed E-state index contributed by atoms with van der Waals surface area (Å²) in [5.41, 5.74) is 0. The van der Waals surface area contributed by atoms with Gasteiger partial charge >= 0.3 is 0 Å². The Hall–Kier alpha value is -0.880. The first kappa shape index (κ1) is 11.2. The zero-order valence-corrected chi connectivity index (χ0v) is 7.76. The van der Waals surface area contributed by atoms with Crippen LogP contribution in [0.15, 0.2) is 22.8 Å². The fourth-order valence-corrected chi connectivity index (χ4v) is 1.03. The third kappa shape index (κ3) is 3.47. The van der Waals surface area contributed by atoms with E-state index in [4.69, 9.17) is 14.6 Å². The molecule has 1 rings (SSSR count). The largest absolute Gasteiger partial charge is 0.467 e. The summed E-state index contributed by atoms with van der Waals surface area (Å²) in [5, 5.41) is 29.8. The zero-order valence-electron chi connectivity index (χ0n) is 7.76. The van der Waals surface area contributed by atoms with E-state index in [2.05, 4.69) is 5.32 Å². The quantitative estimate of drug-likeness (QED) is 0.487. The molecule has 0 aliphatic heterocycles. The monoisotopic (exact) mass is 201 g/mol. The Kier molecular flexibility index (Phi) is 4.61. The van der Waals surface area contributed by atoms with Gasteiger partial charge in [-0.3, -0.25) is 0 Å². The van der Waals surface area contributed by atoms with Crippen molar-refractivity contribution in [1.82, 2.24) is 5.32 Å². The average Bonchev–Trinajstić information content (AvgIpc) is 2.70. The minimum atomic E-state index is -0.793. The molecule has 0 amide bonds. The molecule has 1 aromatic heterocycles. The molecule has 0 radical (unpaired) electrons. The van der Waals surface area contributed by atoms with E-state index in [0.29, 0.717) is 5.76 Å². The van der Waals surface area contributed by atoms with Gasteiger partial charge < -0.3 is 25.1 Å². The van der Waals surface area contributed by atoms with Gasteiger partial charge in [0, 0.05) is 13.1 Å². The van der Waals surface area contributed by atoms with Crippen molar-refractivity contribution in [2.75, 3.05) is 19.7 Å². The average molecular weight is 201 g/mol. The smallest absolute Gasteiger partial charge is 0.133 e. The van der Waals surface area contributed by atoms with Crippen LogP contribution in [0.1, 0.15) is 11.9 Å². The summed E-state index contributed by atoms with van der Waals surface area (Å²) < 4.78 is 4.98. The van der Waals surface area contributed by atoms with Crippen molar-refractivity contribution in [1.29, 1.82) is 0 Å². The maximum Gasteiger partial charge on any atom is 0.133 e. The second-order valence-corrected chi connectivity index (χ2v) is 3.03. The first-order valence-electron chi connectivity index (χ1n) is 4.45. The number of nitrogens with one attached hydrogen (secondary N) is 1. The van der Waals surface area contributed by atoms with Gasteiger partial charge in [-0.15, -0.1) is 0 Å². The summed E-state index contributed by atoms with van der Waals surface area (Å²) in [6.07, 6.45) is -0.0316. The fourth-order valence-electron chi connectivity index (χ4n) is 1.03. The third-order valence-electron chi connectivity index (χ3n) is 1.80. The summed E-state index contributed by atoms with van der Waals surface area (Å²) in [7, 11) is 0. The van der Waals surface area contributed by atoms with E-state index < -0.39 is 12.2 Å². The Morgan fingerprint density at radius 3 is 2.71 bits per heavy atom. The minimum Gasteiger partial charge on any atom is -0.467 e. The van der Waals surface area contributed by atoms with E-state index in [1.54, 1.807) is 12.1 Å². The van der Waals surface area contributed by atoms with E-state index in [1.165, 1.54) is 6.26 Å². The Morgan fingerprint density at radius 1 is 1.36 bits per heavy atom. The number of rotatable bonds is 6. The van der Waals surface area contributed by atoms with Gasteiger partial charge in [-0.25, -0.2) is 0 Å². The Bertz CT molecular complexity index is 237. The second kappa shape index (κ2) is 5.77. The van der Waals surface area contributed by atoms with Crippen molar-refractivity contribution in [2.24, 2.45) is 0 Å². The van der Waals surface area contributed by atoms with E-state index in [1.807, 2.05) is 0 Å². The molecule has 0 aromatic carbocycles. The molecule has 1 heterocycles. The van der Waals surface area contributed by atoms with Gasteiger partial charge in [-0.2, -0.15) is 0 Å². The van der Waals surface area contributed by atoms with Gasteiger partial charge in [-0.05, 0) is 12.1 Å². The van der Waals surface area contributed by atoms with Crippen LogP contribution in [0.2, 0.25) is 0 Å². The SMILES string of the molecule is OCC(O)CNCC(O)c1ccco1. The molecular formula is C9H15NO4. The Labute approximate surface area is 82.0 Å². The summed E-state index contributed by atoms with van der Waals surface area (Å²) >= 11 is 0. The van der Waals surface area contributed by atoms with Crippen molar-refractivity contribution in [2.45, 2.75) is 12.2 Å². The topological polar surface area (TPSA) is 85.9 Å². The molecule has 80 valence electrons. The highest BCUT2D eigenvalue weighted by molar-refractivity contribution is 5.02. The molecule has 0 saturated carbocycles. The van der Waals surface area contributed by atoms with Crippen LogP contribution in [0, 0.1) is 0 Å². The highest BCUT2D eigenvalue weighted by Gasteiger charge is 2.10. The number of furan rings is 1. The highest BCUT2D eigenvalue weighted by Crippen LogP contribution is 2.11. The first-order valence-corrected chi connectivity index (χ1v) is 4.45. The van der Waals surface area contributed by atoms with Crippen LogP contribution in [0.3, 0.4) is 0 Å². The highest BCUT2D eigenvalue weighted by atomic mass is 16.4. The minimum absolute atomic E-state index is 0.244.